The number of ether oxygens (including phenoxy) is 3. The minimum absolute atomic E-state index is 0.0561. The van der Waals surface area contributed by atoms with Crippen molar-refractivity contribution in [2.45, 2.75) is 33.1 Å². The Kier molecular flexibility index (Phi) is 9.31. The summed E-state index contributed by atoms with van der Waals surface area (Å²) in [5.41, 5.74) is -0.534. The zero-order valence-electron chi connectivity index (χ0n) is 22.2. The van der Waals surface area contributed by atoms with Crippen LogP contribution in [0.4, 0.5) is 13.2 Å². The summed E-state index contributed by atoms with van der Waals surface area (Å²) in [6.07, 6.45) is -3.50. The van der Waals surface area contributed by atoms with Gasteiger partial charge < -0.3 is 14.2 Å². The van der Waals surface area contributed by atoms with Crippen molar-refractivity contribution >= 4 is 45.7 Å². The summed E-state index contributed by atoms with van der Waals surface area (Å²) in [5.74, 6) is 0.0772. The molecule has 41 heavy (non-hydrogen) atoms. The average Bonchev–Trinajstić information content (AvgIpc) is 2.91. The lowest BCUT2D eigenvalue weighted by atomic mass is 10.1. The Labute approximate surface area is 246 Å². The van der Waals surface area contributed by atoms with Crippen molar-refractivity contribution in [3.05, 3.63) is 85.7 Å². The van der Waals surface area contributed by atoms with Crippen LogP contribution in [0.25, 0.3) is 22.3 Å². The first-order valence-corrected chi connectivity index (χ1v) is 13.6. The SMILES string of the molecule is CCOc1cc(C=Nn2c(-c3cccc(C(F)(F)F)c3)nc3ccccc3c2=O)cc(I)c1OCC(=O)OC(C)C. The number of esters is 1. The molecule has 8 nitrogen and oxygen atoms in total. The fourth-order valence-electron chi connectivity index (χ4n) is 3.87. The van der Waals surface area contributed by atoms with Gasteiger partial charge in [-0.05, 0) is 85.3 Å². The molecule has 214 valence electrons. The fourth-order valence-corrected chi connectivity index (χ4v) is 4.65. The molecule has 0 bridgehead atoms. The lowest BCUT2D eigenvalue weighted by molar-refractivity contribution is -0.149. The van der Waals surface area contributed by atoms with Crippen molar-refractivity contribution in [1.29, 1.82) is 0 Å². The second-order valence-corrected chi connectivity index (χ2v) is 10.1. The second kappa shape index (κ2) is 12.7. The molecule has 1 aromatic heterocycles. The minimum Gasteiger partial charge on any atom is -0.490 e. The van der Waals surface area contributed by atoms with E-state index in [1.807, 2.05) is 22.6 Å². The van der Waals surface area contributed by atoms with Crippen LogP contribution in [0.1, 0.15) is 31.9 Å². The van der Waals surface area contributed by atoms with E-state index in [1.54, 1.807) is 57.2 Å². The van der Waals surface area contributed by atoms with Gasteiger partial charge in [-0.1, -0.05) is 24.3 Å². The molecule has 1 heterocycles. The summed E-state index contributed by atoms with van der Waals surface area (Å²) in [7, 11) is 0. The monoisotopic (exact) mass is 679 g/mol. The summed E-state index contributed by atoms with van der Waals surface area (Å²) in [6.45, 7) is 5.23. The second-order valence-electron chi connectivity index (χ2n) is 8.98. The molecular weight excluding hydrogens is 654 g/mol. The van der Waals surface area contributed by atoms with Gasteiger partial charge in [-0.3, -0.25) is 4.79 Å². The first kappa shape index (κ1) is 30.0. The van der Waals surface area contributed by atoms with Crippen molar-refractivity contribution in [2.75, 3.05) is 13.2 Å². The van der Waals surface area contributed by atoms with Crippen LogP contribution in [0.5, 0.6) is 11.5 Å². The molecule has 0 N–H and O–H groups in total. The summed E-state index contributed by atoms with van der Waals surface area (Å²) in [5, 5.41) is 4.59. The third-order valence-electron chi connectivity index (χ3n) is 5.56. The fraction of sp³-hybridized carbons (Fsp3) is 0.241. The number of aromatic nitrogens is 2. The van der Waals surface area contributed by atoms with E-state index in [1.165, 1.54) is 18.3 Å². The molecule has 12 heteroatoms. The molecule has 0 spiro atoms. The van der Waals surface area contributed by atoms with Crippen molar-refractivity contribution in [2.24, 2.45) is 5.10 Å². The molecule has 3 aromatic carbocycles. The van der Waals surface area contributed by atoms with Crippen LogP contribution in [0.2, 0.25) is 0 Å². The highest BCUT2D eigenvalue weighted by Crippen LogP contribution is 2.34. The molecule has 4 aromatic rings. The molecule has 0 fully saturated rings. The third kappa shape index (κ3) is 7.23. The molecule has 0 radical (unpaired) electrons. The molecule has 0 saturated carbocycles. The number of carbonyl (C=O) groups excluding carboxylic acids is 1. The number of hydrogen-bond donors (Lipinski definition) is 0. The highest BCUT2D eigenvalue weighted by Gasteiger charge is 2.31. The molecular formula is C29H25F3IN3O5. The number of halogens is 4. The lowest BCUT2D eigenvalue weighted by Crippen LogP contribution is -2.20. The van der Waals surface area contributed by atoms with E-state index in [9.17, 15) is 22.8 Å². The predicted octanol–water partition coefficient (Wildman–Crippen LogP) is 6.30. The maximum Gasteiger partial charge on any atom is 0.416 e. The molecule has 0 aliphatic rings. The van der Waals surface area contributed by atoms with Crippen LogP contribution < -0.4 is 15.0 Å². The van der Waals surface area contributed by atoms with E-state index in [0.29, 0.717) is 32.8 Å². The number of alkyl halides is 3. The van der Waals surface area contributed by atoms with E-state index < -0.39 is 23.3 Å². The summed E-state index contributed by atoms with van der Waals surface area (Å²) < 4.78 is 58.4. The first-order valence-electron chi connectivity index (χ1n) is 12.5. The Bertz CT molecular complexity index is 1670. The average molecular weight is 679 g/mol. The normalized spacial score (nSPS) is 11.8. The van der Waals surface area contributed by atoms with Crippen molar-refractivity contribution in [1.82, 2.24) is 9.66 Å². The number of fused-ring (bicyclic) bond motifs is 1. The van der Waals surface area contributed by atoms with Crippen molar-refractivity contribution < 1.29 is 32.2 Å². The Morgan fingerprint density at radius 1 is 1.10 bits per heavy atom. The van der Waals surface area contributed by atoms with Gasteiger partial charge >= 0.3 is 12.1 Å². The maximum absolute atomic E-state index is 13.4. The molecule has 0 amide bonds. The quantitative estimate of drug-likeness (QED) is 0.117. The van der Waals surface area contributed by atoms with Gasteiger partial charge in [0.15, 0.2) is 23.9 Å². The Morgan fingerprint density at radius 3 is 2.56 bits per heavy atom. The van der Waals surface area contributed by atoms with Crippen LogP contribution in [0, 0.1) is 3.57 Å². The Hall–Kier alpha value is -3.94. The minimum atomic E-state index is -4.58. The molecule has 0 saturated heterocycles. The van der Waals surface area contributed by atoms with Crippen molar-refractivity contribution in [3.8, 4) is 22.9 Å². The highest BCUT2D eigenvalue weighted by molar-refractivity contribution is 14.1. The number of benzene rings is 3. The van der Waals surface area contributed by atoms with Crippen LogP contribution in [0.15, 0.2) is 70.6 Å². The Balaban J connectivity index is 1.78. The highest BCUT2D eigenvalue weighted by atomic mass is 127. The molecule has 0 unspecified atom stereocenters. The largest absolute Gasteiger partial charge is 0.490 e. The zero-order chi connectivity index (χ0) is 29.7. The van der Waals surface area contributed by atoms with Gasteiger partial charge in [0.2, 0.25) is 0 Å². The van der Waals surface area contributed by atoms with Gasteiger partial charge in [0.1, 0.15) is 0 Å². The van der Waals surface area contributed by atoms with Gasteiger partial charge in [0.05, 0.1) is 39.0 Å². The van der Waals surface area contributed by atoms with E-state index >= 15 is 0 Å². The van der Waals surface area contributed by atoms with E-state index in [0.717, 1.165) is 16.8 Å². The van der Waals surface area contributed by atoms with Gasteiger partial charge in [-0.15, -0.1) is 0 Å². The smallest absolute Gasteiger partial charge is 0.416 e. The third-order valence-corrected chi connectivity index (χ3v) is 6.36. The van der Waals surface area contributed by atoms with Gasteiger partial charge in [-0.2, -0.15) is 22.9 Å². The molecule has 0 aliphatic heterocycles. The predicted molar refractivity (Wildman–Crippen MR) is 156 cm³/mol. The standard InChI is InChI=1S/C29H25F3IN3O5/c1-4-39-24-13-18(12-22(33)26(24)40-16-25(37)41-17(2)3)15-34-36-27(19-8-7-9-20(14-19)29(30,31)32)35-23-11-6-5-10-21(23)28(36)38/h5-15,17H,4,16H2,1-3H3. The van der Waals surface area contributed by atoms with Crippen molar-refractivity contribution in [3.63, 3.8) is 0 Å². The number of para-hydroxylation sites is 1. The Morgan fingerprint density at radius 2 is 1.85 bits per heavy atom. The lowest BCUT2D eigenvalue weighted by Gasteiger charge is -2.15. The van der Waals surface area contributed by atoms with Crippen LogP contribution in [-0.2, 0) is 15.7 Å². The number of carbonyl (C=O) groups is 1. The van der Waals surface area contributed by atoms with Crippen LogP contribution in [-0.4, -0.2) is 41.2 Å². The number of nitrogens with zero attached hydrogens (tertiary/aromatic N) is 3. The molecule has 0 atom stereocenters. The van der Waals surface area contributed by atoms with Gasteiger partial charge in [-0.25, -0.2) is 9.78 Å². The van der Waals surface area contributed by atoms with E-state index in [2.05, 4.69) is 10.1 Å². The van der Waals surface area contributed by atoms with Crippen LogP contribution >= 0.6 is 22.6 Å². The summed E-state index contributed by atoms with van der Waals surface area (Å²) in [4.78, 5) is 29.9. The summed E-state index contributed by atoms with van der Waals surface area (Å²) >= 11 is 2.02. The van der Waals surface area contributed by atoms with Gasteiger partial charge in [0.25, 0.3) is 5.56 Å². The van der Waals surface area contributed by atoms with E-state index in [4.69, 9.17) is 14.2 Å². The zero-order valence-corrected chi connectivity index (χ0v) is 24.4. The van der Waals surface area contributed by atoms with Crippen LogP contribution in [0.3, 0.4) is 0 Å². The van der Waals surface area contributed by atoms with Gasteiger partial charge in [0, 0.05) is 5.56 Å². The maximum atomic E-state index is 13.4. The van der Waals surface area contributed by atoms with E-state index in [-0.39, 0.29) is 29.5 Å². The first-order chi connectivity index (χ1) is 19.5. The molecule has 0 aliphatic carbocycles. The summed E-state index contributed by atoms with van der Waals surface area (Å²) in [6, 6.07) is 14.4. The number of rotatable bonds is 9. The number of hydrogen-bond acceptors (Lipinski definition) is 7. The molecule has 4 rings (SSSR count). The topological polar surface area (TPSA) is 92.0 Å².